The molecular weight excluding hydrogens is 300 g/mol. The van der Waals surface area contributed by atoms with E-state index in [1.54, 1.807) is 10.6 Å². The van der Waals surface area contributed by atoms with Crippen LogP contribution in [0.25, 0.3) is 10.9 Å². The molecule has 7 heteroatoms. The van der Waals surface area contributed by atoms with Crippen LogP contribution in [0.2, 0.25) is 0 Å². The molecule has 6 nitrogen and oxygen atoms in total. The van der Waals surface area contributed by atoms with Crippen molar-refractivity contribution >= 4 is 26.7 Å². The van der Waals surface area contributed by atoms with Crippen molar-refractivity contribution in [3.8, 4) is 0 Å². The van der Waals surface area contributed by atoms with E-state index in [-0.39, 0.29) is 5.75 Å². The lowest BCUT2D eigenvalue weighted by molar-refractivity contribution is 0.384. The van der Waals surface area contributed by atoms with E-state index < -0.39 is 10.0 Å². The largest absolute Gasteiger partial charge is 0.353 e. The molecule has 0 N–H and O–H groups in total. The van der Waals surface area contributed by atoms with Gasteiger partial charge >= 0.3 is 0 Å². The number of sulfonamides is 1. The first-order valence-electron chi connectivity index (χ1n) is 7.54. The minimum Gasteiger partial charge on any atom is -0.353 e. The Kier molecular flexibility index (Phi) is 4.26. The third kappa shape index (κ3) is 2.91. The second kappa shape index (κ2) is 6.18. The summed E-state index contributed by atoms with van der Waals surface area (Å²) in [4.78, 5) is 10.8. The van der Waals surface area contributed by atoms with Crippen molar-refractivity contribution in [1.82, 2.24) is 14.3 Å². The molecule has 118 valence electrons. The molecule has 0 amide bonds. The molecule has 3 rings (SSSR count). The Morgan fingerprint density at radius 1 is 1.09 bits per heavy atom. The van der Waals surface area contributed by atoms with Gasteiger partial charge in [0.05, 0.1) is 11.3 Å². The van der Waals surface area contributed by atoms with Crippen molar-refractivity contribution in [2.45, 2.75) is 13.3 Å². The van der Waals surface area contributed by atoms with Crippen molar-refractivity contribution < 1.29 is 8.42 Å². The number of nitrogens with zero attached hydrogens (tertiary/aromatic N) is 4. The predicted octanol–water partition coefficient (Wildman–Crippen LogP) is 1.49. The molecule has 0 unspecified atom stereocenters. The van der Waals surface area contributed by atoms with E-state index in [0.29, 0.717) is 32.6 Å². The normalized spacial score (nSPS) is 17.0. The number of hydrogen-bond acceptors (Lipinski definition) is 5. The van der Waals surface area contributed by atoms with Crippen LogP contribution in [0.3, 0.4) is 0 Å². The van der Waals surface area contributed by atoms with E-state index >= 15 is 0 Å². The Balaban J connectivity index is 1.79. The molecule has 22 heavy (non-hydrogen) atoms. The highest BCUT2D eigenvalue weighted by atomic mass is 32.2. The van der Waals surface area contributed by atoms with Gasteiger partial charge in [0.2, 0.25) is 10.0 Å². The minimum atomic E-state index is -3.11. The quantitative estimate of drug-likeness (QED) is 0.854. The average molecular weight is 320 g/mol. The molecule has 1 aliphatic rings. The zero-order valence-corrected chi connectivity index (χ0v) is 13.5. The number of rotatable bonds is 4. The van der Waals surface area contributed by atoms with Crippen LogP contribution in [0.15, 0.2) is 30.6 Å². The molecule has 1 saturated heterocycles. The first-order chi connectivity index (χ1) is 10.6. The fraction of sp³-hybridized carbons (Fsp3) is 0.467. The average Bonchev–Trinajstić information content (AvgIpc) is 2.54. The van der Waals surface area contributed by atoms with Gasteiger partial charge in [-0.2, -0.15) is 4.31 Å². The van der Waals surface area contributed by atoms with E-state index in [4.69, 9.17) is 0 Å². The highest BCUT2D eigenvalue weighted by Crippen LogP contribution is 2.24. The second-order valence-electron chi connectivity index (χ2n) is 5.42. The maximum Gasteiger partial charge on any atom is 0.214 e. The van der Waals surface area contributed by atoms with Crippen LogP contribution in [-0.2, 0) is 10.0 Å². The third-order valence-corrected chi connectivity index (χ3v) is 5.99. The molecule has 0 atom stereocenters. The number of anilines is 1. The lowest BCUT2D eigenvalue weighted by atomic mass is 10.2. The van der Waals surface area contributed by atoms with E-state index in [1.165, 1.54) is 0 Å². The van der Waals surface area contributed by atoms with E-state index in [9.17, 15) is 8.42 Å². The highest BCUT2D eigenvalue weighted by Gasteiger charge is 2.27. The Labute approximate surface area is 130 Å². The Morgan fingerprint density at radius 2 is 1.82 bits per heavy atom. The molecule has 0 spiro atoms. The molecule has 1 fully saturated rings. The molecule has 1 aromatic carbocycles. The van der Waals surface area contributed by atoms with Gasteiger partial charge in [-0.25, -0.2) is 18.4 Å². The maximum atomic E-state index is 12.1. The molecule has 0 bridgehead atoms. The lowest BCUT2D eigenvalue weighted by Crippen LogP contribution is -2.49. The highest BCUT2D eigenvalue weighted by molar-refractivity contribution is 7.89. The van der Waals surface area contributed by atoms with Gasteiger partial charge in [-0.1, -0.05) is 19.1 Å². The number of aromatic nitrogens is 2. The van der Waals surface area contributed by atoms with Crippen LogP contribution in [-0.4, -0.2) is 54.6 Å². The van der Waals surface area contributed by atoms with Crippen LogP contribution in [0.5, 0.6) is 0 Å². The number of fused-ring (bicyclic) bond motifs is 1. The third-order valence-electron chi connectivity index (χ3n) is 3.92. The van der Waals surface area contributed by atoms with Crippen LogP contribution in [0, 0.1) is 0 Å². The summed E-state index contributed by atoms with van der Waals surface area (Å²) >= 11 is 0. The molecule has 1 aromatic heterocycles. The standard InChI is InChI=1S/C15H20N4O2S/c1-2-11-22(20,21)19-9-7-18(8-10-19)15-13-5-3-4-6-14(13)16-12-17-15/h3-6,12H,2,7-11H2,1H3. The van der Waals surface area contributed by atoms with Gasteiger partial charge in [0.25, 0.3) is 0 Å². The van der Waals surface area contributed by atoms with Crippen LogP contribution in [0.1, 0.15) is 13.3 Å². The van der Waals surface area contributed by atoms with Crippen molar-refractivity contribution in [2.24, 2.45) is 0 Å². The summed E-state index contributed by atoms with van der Waals surface area (Å²) in [7, 11) is -3.11. The van der Waals surface area contributed by atoms with Crippen LogP contribution in [0.4, 0.5) is 5.82 Å². The number of hydrogen-bond donors (Lipinski definition) is 0. The van der Waals surface area contributed by atoms with Gasteiger partial charge in [0.15, 0.2) is 0 Å². The molecule has 2 heterocycles. The molecule has 0 aliphatic carbocycles. The summed E-state index contributed by atoms with van der Waals surface area (Å²) in [6.45, 7) is 4.23. The fourth-order valence-corrected chi connectivity index (χ4v) is 4.30. The Bertz CT molecular complexity index is 750. The van der Waals surface area contributed by atoms with Crippen molar-refractivity contribution in [3.63, 3.8) is 0 Å². The first-order valence-corrected chi connectivity index (χ1v) is 9.15. The summed E-state index contributed by atoms with van der Waals surface area (Å²) in [5.41, 5.74) is 0.911. The van der Waals surface area contributed by atoms with Gasteiger partial charge in [-0.3, -0.25) is 0 Å². The fourth-order valence-electron chi connectivity index (χ4n) is 2.81. The molecular formula is C15H20N4O2S. The summed E-state index contributed by atoms with van der Waals surface area (Å²) < 4.78 is 25.8. The monoisotopic (exact) mass is 320 g/mol. The summed E-state index contributed by atoms with van der Waals surface area (Å²) in [6.07, 6.45) is 2.22. The Morgan fingerprint density at radius 3 is 2.55 bits per heavy atom. The summed E-state index contributed by atoms with van der Waals surface area (Å²) in [6, 6.07) is 7.89. The van der Waals surface area contributed by atoms with Gasteiger partial charge in [-0.05, 0) is 18.6 Å². The minimum absolute atomic E-state index is 0.226. The summed E-state index contributed by atoms with van der Waals surface area (Å²) in [5, 5.41) is 1.01. The number of piperazine rings is 1. The predicted molar refractivity (Wildman–Crippen MR) is 87.4 cm³/mol. The van der Waals surface area contributed by atoms with Gasteiger partial charge < -0.3 is 4.90 Å². The lowest BCUT2D eigenvalue weighted by Gasteiger charge is -2.35. The SMILES string of the molecule is CCCS(=O)(=O)N1CCN(c2ncnc3ccccc23)CC1. The van der Waals surface area contributed by atoms with Crippen LogP contribution < -0.4 is 4.90 Å². The smallest absolute Gasteiger partial charge is 0.214 e. The Hall–Kier alpha value is -1.73. The number of para-hydroxylation sites is 1. The molecule has 2 aromatic rings. The zero-order chi connectivity index (χ0) is 15.6. The molecule has 0 radical (unpaired) electrons. The zero-order valence-electron chi connectivity index (χ0n) is 12.6. The van der Waals surface area contributed by atoms with E-state index in [0.717, 1.165) is 16.7 Å². The van der Waals surface area contributed by atoms with Crippen molar-refractivity contribution in [2.75, 3.05) is 36.8 Å². The van der Waals surface area contributed by atoms with Crippen molar-refractivity contribution in [1.29, 1.82) is 0 Å². The molecule has 1 aliphatic heterocycles. The summed E-state index contributed by atoms with van der Waals surface area (Å²) in [5.74, 6) is 1.11. The van der Waals surface area contributed by atoms with Gasteiger partial charge in [0, 0.05) is 31.6 Å². The van der Waals surface area contributed by atoms with Crippen LogP contribution >= 0.6 is 0 Å². The second-order valence-corrected chi connectivity index (χ2v) is 7.51. The van der Waals surface area contributed by atoms with Gasteiger partial charge in [0.1, 0.15) is 12.1 Å². The topological polar surface area (TPSA) is 66.4 Å². The van der Waals surface area contributed by atoms with E-state index in [1.807, 2.05) is 31.2 Å². The first kappa shape index (κ1) is 15.2. The van der Waals surface area contributed by atoms with Crippen molar-refractivity contribution in [3.05, 3.63) is 30.6 Å². The maximum absolute atomic E-state index is 12.1. The van der Waals surface area contributed by atoms with Gasteiger partial charge in [-0.15, -0.1) is 0 Å². The number of benzene rings is 1. The molecule has 0 saturated carbocycles. The van der Waals surface area contributed by atoms with E-state index in [2.05, 4.69) is 14.9 Å².